The minimum absolute atomic E-state index is 0.0662. The SMILES string of the molecule is COC(=O)C/C=C/[C@@H](C)[C@@H](/C=N/O[C@@H](C)c1cc(-c2c(C)cc(C)cc2C)no1)NS(=O)(=O)c1ccc(C)cc1. The standard InChI is InChI=1S/C30H37N3O6S/c1-19-11-13-25(14-12-19)40(35,36)33-27(21(3)9-8-10-29(34)37-7)18-31-38-24(6)28-17-26(32-39-28)30-22(4)15-20(2)16-23(30)5/h8-9,11-18,21,24,27,33H,10H2,1-7H3/b9-8+,31-18+/t21-,24+,27-/m1/s1. The van der Waals surface area contributed by atoms with Crippen molar-refractivity contribution in [3.05, 3.63) is 82.6 Å². The van der Waals surface area contributed by atoms with E-state index in [9.17, 15) is 13.2 Å². The number of esters is 1. The van der Waals surface area contributed by atoms with Gasteiger partial charge < -0.3 is 14.1 Å². The smallest absolute Gasteiger partial charge is 0.309 e. The van der Waals surface area contributed by atoms with Gasteiger partial charge in [-0.3, -0.25) is 4.79 Å². The Balaban J connectivity index is 1.77. The van der Waals surface area contributed by atoms with Crippen LogP contribution in [0.4, 0.5) is 0 Å². The lowest BCUT2D eigenvalue weighted by molar-refractivity contribution is -0.139. The van der Waals surface area contributed by atoms with Crippen LogP contribution in [0.2, 0.25) is 0 Å². The zero-order valence-corrected chi connectivity index (χ0v) is 24.8. The van der Waals surface area contributed by atoms with E-state index < -0.39 is 28.1 Å². The van der Waals surface area contributed by atoms with Crippen LogP contribution >= 0.6 is 0 Å². The van der Waals surface area contributed by atoms with Gasteiger partial charge in [0.15, 0.2) is 11.9 Å². The molecule has 0 aliphatic rings. The van der Waals surface area contributed by atoms with Gasteiger partial charge in [0.1, 0.15) is 5.69 Å². The summed E-state index contributed by atoms with van der Waals surface area (Å²) in [5.41, 5.74) is 6.04. The molecule has 0 bridgehead atoms. The van der Waals surface area contributed by atoms with Crippen molar-refractivity contribution in [2.24, 2.45) is 11.1 Å². The van der Waals surface area contributed by atoms with Crippen LogP contribution in [0, 0.1) is 33.6 Å². The Morgan fingerprint density at radius 3 is 2.33 bits per heavy atom. The van der Waals surface area contributed by atoms with E-state index in [1.165, 1.54) is 18.9 Å². The molecule has 2 aromatic carbocycles. The highest BCUT2D eigenvalue weighted by atomic mass is 32.2. The first kappa shape index (κ1) is 30.8. The fourth-order valence-corrected chi connectivity index (χ4v) is 5.51. The fourth-order valence-electron chi connectivity index (χ4n) is 4.25. The largest absolute Gasteiger partial charge is 0.469 e. The van der Waals surface area contributed by atoms with Crippen molar-refractivity contribution in [2.75, 3.05) is 7.11 Å². The van der Waals surface area contributed by atoms with Gasteiger partial charge in [-0.25, -0.2) is 13.1 Å². The number of carbonyl (C=O) groups is 1. The summed E-state index contributed by atoms with van der Waals surface area (Å²) in [5.74, 6) is -0.278. The lowest BCUT2D eigenvalue weighted by Gasteiger charge is -2.19. The number of hydrogen-bond acceptors (Lipinski definition) is 8. The Labute approximate surface area is 236 Å². The van der Waals surface area contributed by atoms with Gasteiger partial charge in [-0.1, -0.05) is 64.8 Å². The van der Waals surface area contributed by atoms with Crippen molar-refractivity contribution < 1.29 is 27.3 Å². The van der Waals surface area contributed by atoms with Crippen molar-refractivity contribution >= 4 is 22.2 Å². The van der Waals surface area contributed by atoms with Crippen molar-refractivity contribution in [1.29, 1.82) is 0 Å². The van der Waals surface area contributed by atoms with E-state index >= 15 is 0 Å². The molecule has 40 heavy (non-hydrogen) atoms. The molecule has 0 unspecified atom stereocenters. The minimum Gasteiger partial charge on any atom is -0.469 e. The molecule has 0 fully saturated rings. The fraction of sp³-hybridized carbons (Fsp3) is 0.367. The molecule has 0 aliphatic carbocycles. The summed E-state index contributed by atoms with van der Waals surface area (Å²) in [5, 5.41) is 8.31. The number of aryl methyl sites for hydroxylation is 4. The number of aromatic nitrogens is 1. The molecule has 0 amide bonds. The molecular formula is C30H37N3O6S. The summed E-state index contributed by atoms with van der Waals surface area (Å²) in [4.78, 5) is 17.3. The number of rotatable bonds is 12. The van der Waals surface area contributed by atoms with Gasteiger partial charge in [0, 0.05) is 11.6 Å². The second kappa shape index (κ2) is 13.5. The summed E-state index contributed by atoms with van der Waals surface area (Å²) in [7, 11) is -2.55. The Hall–Kier alpha value is -3.76. The number of oxime groups is 1. The third kappa shape index (κ3) is 8.12. The van der Waals surface area contributed by atoms with Crippen LogP contribution in [0.3, 0.4) is 0 Å². The highest BCUT2D eigenvalue weighted by molar-refractivity contribution is 7.89. The number of benzene rings is 2. The summed E-state index contributed by atoms with van der Waals surface area (Å²) < 4.78 is 39.0. The number of hydrogen-bond donors (Lipinski definition) is 1. The van der Waals surface area contributed by atoms with Crippen LogP contribution in [0.1, 0.15) is 54.4 Å². The van der Waals surface area contributed by atoms with E-state index in [1.54, 1.807) is 50.3 Å². The van der Waals surface area contributed by atoms with Gasteiger partial charge in [-0.15, -0.1) is 0 Å². The van der Waals surface area contributed by atoms with E-state index in [0.717, 1.165) is 22.3 Å². The van der Waals surface area contributed by atoms with E-state index in [2.05, 4.69) is 38.8 Å². The monoisotopic (exact) mass is 567 g/mol. The maximum absolute atomic E-state index is 13.1. The van der Waals surface area contributed by atoms with Gasteiger partial charge in [-0.2, -0.15) is 0 Å². The number of ether oxygens (including phenoxy) is 1. The Morgan fingerprint density at radius 2 is 1.70 bits per heavy atom. The summed E-state index contributed by atoms with van der Waals surface area (Å²) >= 11 is 0. The Morgan fingerprint density at radius 1 is 1.05 bits per heavy atom. The molecule has 3 aromatic rings. The molecule has 0 aliphatic heterocycles. The number of methoxy groups -OCH3 is 1. The number of nitrogens with one attached hydrogen (secondary N) is 1. The highest BCUT2D eigenvalue weighted by Gasteiger charge is 2.23. The van der Waals surface area contributed by atoms with Crippen molar-refractivity contribution in [1.82, 2.24) is 9.88 Å². The van der Waals surface area contributed by atoms with Crippen LogP contribution in [-0.2, 0) is 24.4 Å². The zero-order valence-electron chi connectivity index (χ0n) is 24.0. The molecule has 214 valence electrons. The molecule has 3 rings (SSSR count). The van der Waals surface area contributed by atoms with E-state index in [1.807, 2.05) is 26.8 Å². The quantitative estimate of drug-likeness (QED) is 0.128. The topological polar surface area (TPSA) is 120 Å². The lowest BCUT2D eigenvalue weighted by atomic mass is 9.97. The van der Waals surface area contributed by atoms with Crippen LogP contribution < -0.4 is 4.72 Å². The first-order valence-electron chi connectivity index (χ1n) is 13.0. The van der Waals surface area contributed by atoms with Crippen LogP contribution in [0.15, 0.2) is 69.2 Å². The van der Waals surface area contributed by atoms with Gasteiger partial charge in [0.2, 0.25) is 10.0 Å². The van der Waals surface area contributed by atoms with E-state index in [-0.39, 0.29) is 17.2 Å². The van der Waals surface area contributed by atoms with Crippen LogP contribution in [0.25, 0.3) is 11.3 Å². The van der Waals surface area contributed by atoms with Crippen molar-refractivity contribution in [3.63, 3.8) is 0 Å². The average Bonchev–Trinajstić information content (AvgIpc) is 3.37. The number of carbonyl (C=O) groups excluding carboxylic acids is 1. The molecule has 3 atom stereocenters. The molecule has 9 nitrogen and oxygen atoms in total. The van der Waals surface area contributed by atoms with Gasteiger partial charge in [0.25, 0.3) is 0 Å². The first-order chi connectivity index (χ1) is 18.9. The summed E-state index contributed by atoms with van der Waals surface area (Å²) in [6, 6.07) is 11.8. The number of nitrogens with zero attached hydrogens (tertiary/aromatic N) is 2. The third-order valence-corrected chi connectivity index (χ3v) is 7.92. The lowest BCUT2D eigenvalue weighted by Crippen LogP contribution is -2.40. The third-order valence-electron chi connectivity index (χ3n) is 6.44. The van der Waals surface area contributed by atoms with Gasteiger partial charge >= 0.3 is 5.97 Å². The second-order valence-electron chi connectivity index (χ2n) is 9.92. The molecule has 1 heterocycles. The van der Waals surface area contributed by atoms with Gasteiger partial charge in [0.05, 0.1) is 30.7 Å². The Bertz CT molecular complexity index is 1450. The second-order valence-corrected chi connectivity index (χ2v) is 11.6. The molecule has 1 aromatic heterocycles. The maximum atomic E-state index is 13.1. The highest BCUT2D eigenvalue weighted by Crippen LogP contribution is 2.30. The molecule has 10 heteroatoms. The predicted octanol–water partition coefficient (Wildman–Crippen LogP) is 5.74. The molecular weight excluding hydrogens is 530 g/mol. The van der Waals surface area contributed by atoms with E-state index in [4.69, 9.17) is 9.36 Å². The van der Waals surface area contributed by atoms with Crippen LogP contribution in [-0.4, -0.2) is 38.9 Å². The normalized spacial score (nSPS) is 14.4. The van der Waals surface area contributed by atoms with Crippen molar-refractivity contribution in [3.8, 4) is 11.3 Å². The van der Waals surface area contributed by atoms with Crippen molar-refractivity contribution in [2.45, 2.75) is 65.0 Å². The van der Waals surface area contributed by atoms with Crippen LogP contribution in [0.5, 0.6) is 0 Å². The maximum Gasteiger partial charge on any atom is 0.309 e. The molecule has 0 saturated carbocycles. The summed E-state index contributed by atoms with van der Waals surface area (Å²) in [6.07, 6.45) is 4.23. The first-order valence-corrected chi connectivity index (χ1v) is 14.5. The molecule has 1 N–H and O–H groups in total. The zero-order chi connectivity index (χ0) is 29.4. The van der Waals surface area contributed by atoms with Gasteiger partial charge in [-0.05, 0) is 63.8 Å². The average molecular weight is 568 g/mol. The minimum atomic E-state index is -3.86. The number of sulfonamides is 1. The molecule has 0 radical (unpaired) electrons. The summed E-state index contributed by atoms with van der Waals surface area (Å²) in [6.45, 7) is 11.6. The molecule has 0 saturated heterocycles. The molecule has 0 spiro atoms. The Kier molecular flexibility index (Phi) is 10.4. The predicted molar refractivity (Wildman–Crippen MR) is 154 cm³/mol. The van der Waals surface area contributed by atoms with E-state index in [0.29, 0.717) is 11.5 Å².